The van der Waals surface area contributed by atoms with Gasteiger partial charge in [0.1, 0.15) is 0 Å². The van der Waals surface area contributed by atoms with Crippen molar-refractivity contribution in [2.75, 3.05) is 0 Å². The van der Waals surface area contributed by atoms with Crippen LogP contribution in [0.25, 0.3) is 0 Å². The van der Waals surface area contributed by atoms with Crippen LogP contribution in [-0.2, 0) is 0 Å². The Kier molecular flexibility index (Phi) is 36.8. The van der Waals surface area contributed by atoms with Gasteiger partial charge in [-0.05, 0) is 21.2 Å². The highest BCUT2D eigenvalue weighted by atomic mass is 127. The van der Waals surface area contributed by atoms with Crippen LogP contribution in [0.2, 0.25) is 0 Å². The number of hydrogen-bond donors (Lipinski definition) is 1. The van der Waals surface area contributed by atoms with E-state index in [9.17, 15) is 0 Å². The first-order valence-corrected chi connectivity index (χ1v) is 4.82. The second-order valence-electron chi connectivity index (χ2n) is 0.707. The zero-order chi connectivity index (χ0) is 4.71. The van der Waals surface area contributed by atoms with Crippen LogP contribution in [0, 0.1) is 0 Å². The third-order valence-electron chi connectivity index (χ3n) is 0. The van der Waals surface area contributed by atoms with Crippen LogP contribution in [-0.4, -0.2) is 0 Å². The Morgan fingerprint density at radius 1 is 1.40 bits per heavy atom. The van der Waals surface area contributed by atoms with Crippen LogP contribution in [0.15, 0.2) is 0 Å². The Bertz CT molecular complexity index is 6.85. The zero-order valence-electron chi connectivity index (χ0n) is 3.53. The Balaban J connectivity index is 0. The molecule has 2 heteroatoms. The topological polar surface area (TPSA) is 0 Å². The van der Waals surface area contributed by atoms with E-state index in [0.29, 0.717) is 0 Å². The van der Waals surface area contributed by atoms with Crippen LogP contribution in [0.1, 0.15) is 20.3 Å². The zero-order valence-corrected chi connectivity index (χ0v) is 6.58. The molecule has 0 aromatic carbocycles. The summed E-state index contributed by atoms with van der Waals surface area (Å²) in [5.74, 6) is 0. The molecular weight excluding hydrogens is 195 g/mol. The number of halogens is 1. The van der Waals surface area contributed by atoms with Crippen LogP contribution < -0.4 is 0 Å². The highest BCUT2D eigenvalue weighted by Gasteiger charge is 1.35. The molecule has 0 spiro atoms. The van der Waals surface area contributed by atoms with Gasteiger partial charge in [0.15, 0.2) is 0 Å². The Labute approximate surface area is 51.3 Å². The molecule has 0 rings (SSSR count). The lowest BCUT2D eigenvalue weighted by molar-refractivity contribution is 1.09. The van der Waals surface area contributed by atoms with E-state index >= 15 is 0 Å². The molecule has 0 heterocycles. The number of hydrogen-bond acceptors (Lipinski definition) is 1. The van der Waals surface area contributed by atoms with E-state index in [-0.39, 0.29) is 0 Å². The molecule has 0 amide bonds. The smallest absolute Gasteiger partial charge is 0.00784 e. The van der Waals surface area contributed by atoms with Crippen LogP contribution in [0.5, 0.6) is 0 Å². The van der Waals surface area contributed by atoms with Crippen molar-refractivity contribution in [2.45, 2.75) is 20.3 Å². The molecule has 0 radical (unpaired) electrons. The molecule has 0 N–H and O–H groups in total. The summed E-state index contributed by atoms with van der Waals surface area (Å²) in [6.07, 6.45) is 1.25. The first-order valence-electron chi connectivity index (χ1n) is 1.58. The molecule has 34 valence electrons. The summed E-state index contributed by atoms with van der Waals surface area (Å²) >= 11 is 1.84. The lowest BCUT2D eigenvalue weighted by Crippen LogP contribution is -1.27. The van der Waals surface area contributed by atoms with Crippen molar-refractivity contribution >= 4 is 31.0 Å². The van der Waals surface area contributed by atoms with Gasteiger partial charge in [0.25, 0.3) is 0 Å². The molecule has 0 bridgehead atoms. The Morgan fingerprint density at radius 2 is 1.40 bits per heavy atom. The molecule has 0 fully saturated rings. The fourth-order valence-corrected chi connectivity index (χ4v) is 0. The van der Waals surface area contributed by atoms with E-state index in [1.54, 1.807) is 0 Å². The van der Waals surface area contributed by atoms with Crippen LogP contribution >= 0.6 is 31.0 Å². The van der Waals surface area contributed by atoms with Crippen LogP contribution in [0.3, 0.4) is 0 Å². The summed E-state index contributed by atoms with van der Waals surface area (Å²) < 4.78 is 0. The summed E-state index contributed by atoms with van der Waals surface area (Å²) in [5, 5.41) is 0. The van der Waals surface area contributed by atoms with E-state index in [1.165, 1.54) is 6.42 Å². The van der Waals surface area contributed by atoms with Gasteiger partial charge in [0, 0.05) is 0 Å². The highest BCUT2D eigenvalue weighted by Crippen LogP contribution is 1.77. The third-order valence-corrected chi connectivity index (χ3v) is 0. The molecule has 0 aliphatic carbocycles. The highest BCUT2D eigenvalue weighted by molar-refractivity contribution is 14.2. The summed E-state index contributed by atoms with van der Waals surface area (Å²) in [6, 6.07) is 0. The maximum Gasteiger partial charge on any atom is -0.00784 e. The maximum absolute atomic E-state index is 3.50. The quantitative estimate of drug-likeness (QED) is 0.455. The van der Waals surface area contributed by atoms with E-state index < -0.39 is 0 Å². The first kappa shape index (κ1) is 9.43. The molecule has 0 aliphatic rings. The minimum absolute atomic E-state index is 1.25. The normalized spacial score (nSPS) is 4.80. The standard InChI is InChI=1S/C3H8.HIS/c1-3-2;1-2/h3H2,1-2H3;2H. The van der Waals surface area contributed by atoms with Crippen molar-refractivity contribution in [1.29, 1.82) is 0 Å². The molecule has 0 nitrogen and oxygen atoms in total. The molecule has 0 saturated heterocycles. The lowest BCUT2D eigenvalue weighted by Gasteiger charge is -1.48. The van der Waals surface area contributed by atoms with Gasteiger partial charge in [-0.25, -0.2) is 0 Å². The van der Waals surface area contributed by atoms with Gasteiger partial charge >= 0.3 is 0 Å². The third kappa shape index (κ3) is 41.3. The maximum atomic E-state index is 3.50. The van der Waals surface area contributed by atoms with Gasteiger partial charge in [-0.1, -0.05) is 20.3 Å². The molecule has 0 aromatic heterocycles. The fourth-order valence-electron chi connectivity index (χ4n) is 0. The average Bonchev–Trinajstić information content (AvgIpc) is 1.46. The van der Waals surface area contributed by atoms with E-state index in [2.05, 4.69) is 23.6 Å². The summed E-state index contributed by atoms with van der Waals surface area (Å²) in [7, 11) is 3.50. The summed E-state index contributed by atoms with van der Waals surface area (Å²) in [4.78, 5) is 0. The average molecular weight is 204 g/mol. The van der Waals surface area contributed by atoms with Crippen molar-refractivity contribution in [2.24, 2.45) is 0 Å². The van der Waals surface area contributed by atoms with Crippen molar-refractivity contribution < 1.29 is 0 Å². The minimum atomic E-state index is 1.25. The predicted molar refractivity (Wildman–Crippen MR) is 39.0 cm³/mol. The van der Waals surface area contributed by atoms with Gasteiger partial charge in [0.2, 0.25) is 0 Å². The van der Waals surface area contributed by atoms with E-state index in [0.717, 1.165) is 0 Å². The largest absolute Gasteiger partial charge is 0.107 e. The first-order chi connectivity index (χ1) is 2.41. The van der Waals surface area contributed by atoms with E-state index in [1.807, 2.05) is 21.2 Å². The fraction of sp³-hybridized carbons (Fsp3) is 1.00. The Hall–Kier alpha value is 1.08. The molecule has 5 heavy (non-hydrogen) atoms. The molecule has 0 aromatic rings. The summed E-state index contributed by atoms with van der Waals surface area (Å²) in [6.45, 7) is 4.25. The van der Waals surface area contributed by atoms with Crippen LogP contribution in [0.4, 0.5) is 0 Å². The van der Waals surface area contributed by atoms with Crippen molar-refractivity contribution in [3.05, 3.63) is 0 Å². The van der Waals surface area contributed by atoms with E-state index in [4.69, 9.17) is 0 Å². The second-order valence-corrected chi connectivity index (χ2v) is 0.707. The Morgan fingerprint density at radius 3 is 1.40 bits per heavy atom. The van der Waals surface area contributed by atoms with Crippen molar-refractivity contribution in [1.82, 2.24) is 0 Å². The van der Waals surface area contributed by atoms with Crippen molar-refractivity contribution in [3.63, 3.8) is 0 Å². The summed E-state index contributed by atoms with van der Waals surface area (Å²) in [5.41, 5.74) is 0. The van der Waals surface area contributed by atoms with Gasteiger partial charge < -0.3 is 0 Å². The molecule has 0 unspecified atom stereocenters. The molecule has 0 atom stereocenters. The minimum Gasteiger partial charge on any atom is -0.107 e. The van der Waals surface area contributed by atoms with Gasteiger partial charge in [-0.15, -0.1) is 9.80 Å². The number of rotatable bonds is 0. The SMILES string of the molecule is CCC.SI. The monoisotopic (exact) mass is 204 g/mol. The van der Waals surface area contributed by atoms with Gasteiger partial charge in [-0.3, -0.25) is 0 Å². The van der Waals surface area contributed by atoms with Gasteiger partial charge in [0.05, 0.1) is 0 Å². The molecule has 0 saturated carbocycles. The number of thiol groups is 1. The van der Waals surface area contributed by atoms with Crippen molar-refractivity contribution in [3.8, 4) is 0 Å². The molecular formula is C3H9IS. The second kappa shape index (κ2) is 19.5. The predicted octanol–water partition coefficient (Wildman–Crippen LogP) is 2.68. The van der Waals surface area contributed by atoms with Gasteiger partial charge in [-0.2, -0.15) is 0 Å². The lowest BCUT2D eigenvalue weighted by atomic mass is 10.6. The molecule has 0 aliphatic heterocycles.